The molecule has 3 aromatic rings. The summed E-state index contributed by atoms with van der Waals surface area (Å²) in [7, 11) is 1.38. The predicted molar refractivity (Wildman–Crippen MR) is 159 cm³/mol. The van der Waals surface area contributed by atoms with Gasteiger partial charge in [0.05, 0.1) is 25.7 Å². The fraction of sp³-hybridized carbons (Fsp3) is 0.281. The molecule has 0 radical (unpaired) electrons. The molecule has 0 heterocycles. The van der Waals surface area contributed by atoms with Crippen molar-refractivity contribution >= 4 is 35.4 Å². The van der Waals surface area contributed by atoms with Gasteiger partial charge in [-0.25, -0.2) is 9.59 Å². The maximum atomic E-state index is 12.8. The van der Waals surface area contributed by atoms with Gasteiger partial charge in [-0.05, 0) is 72.6 Å². The summed E-state index contributed by atoms with van der Waals surface area (Å²) in [6.07, 6.45) is 1.33. The van der Waals surface area contributed by atoms with Gasteiger partial charge in [-0.2, -0.15) is 0 Å². The van der Waals surface area contributed by atoms with E-state index in [2.05, 4.69) is 17.6 Å². The minimum Gasteiger partial charge on any atom is -0.494 e. The van der Waals surface area contributed by atoms with Gasteiger partial charge in [0, 0.05) is 24.1 Å². The van der Waals surface area contributed by atoms with Crippen LogP contribution < -0.4 is 24.8 Å². The monoisotopic (exact) mass is 606 g/mol. The van der Waals surface area contributed by atoms with Gasteiger partial charge in [-0.1, -0.05) is 19.4 Å². The summed E-state index contributed by atoms with van der Waals surface area (Å²) < 4.78 is 16.5. The van der Waals surface area contributed by atoms with E-state index in [0.717, 1.165) is 12.8 Å². The number of aliphatic carboxylic acids is 2. The molecule has 4 N–H and O–H groups in total. The molecule has 12 nitrogen and oxygen atoms in total. The molecule has 0 fully saturated rings. The quantitative estimate of drug-likeness (QED) is 0.104. The molecular formula is C32H34N2O10. The SMILES string of the molecule is CCCCOc1ccc(C(=O)Oc2ccc(CC(NC(=O)c3ccc(NC(=O)CCC(=O)O)cc3)C(=O)O)cc2OC)cc1. The zero-order valence-corrected chi connectivity index (χ0v) is 24.3. The van der Waals surface area contributed by atoms with Gasteiger partial charge in [0.15, 0.2) is 11.5 Å². The van der Waals surface area contributed by atoms with Gasteiger partial charge in [0.25, 0.3) is 5.91 Å². The lowest BCUT2D eigenvalue weighted by Gasteiger charge is -2.16. The van der Waals surface area contributed by atoms with Crippen molar-refractivity contribution in [3.63, 3.8) is 0 Å². The minimum absolute atomic E-state index is 0.0944. The van der Waals surface area contributed by atoms with Crippen LogP contribution in [0.3, 0.4) is 0 Å². The van der Waals surface area contributed by atoms with Gasteiger partial charge in [-0.15, -0.1) is 0 Å². The number of carboxylic acids is 2. The minimum atomic E-state index is -1.30. The number of nitrogens with one attached hydrogen (secondary N) is 2. The predicted octanol–water partition coefficient (Wildman–Crippen LogP) is 4.32. The second kappa shape index (κ2) is 16.3. The molecule has 0 bridgehead atoms. The van der Waals surface area contributed by atoms with Crippen molar-refractivity contribution in [2.75, 3.05) is 19.0 Å². The highest BCUT2D eigenvalue weighted by Crippen LogP contribution is 2.29. The van der Waals surface area contributed by atoms with Crippen LogP contribution in [0.15, 0.2) is 66.7 Å². The van der Waals surface area contributed by atoms with Crippen molar-refractivity contribution in [2.24, 2.45) is 0 Å². The highest BCUT2D eigenvalue weighted by Gasteiger charge is 2.23. The fourth-order valence-electron chi connectivity index (χ4n) is 3.93. The summed E-state index contributed by atoms with van der Waals surface area (Å²) in [6, 6.07) is 15.5. The van der Waals surface area contributed by atoms with Gasteiger partial charge >= 0.3 is 17.9 Å². The van der Waals surface area contributed by atoms with Crippen LogP contribution in [-0.4, -0.2) is 59.7 Å². The molecule has 0 aliphatic rings. The summed E-state index contributed by atoms with van der Waals surface area (Å²) >= 11 is 0. The number of amides is 2. The largest absolute Gasteiger partial charge is 0.494 e. The maximum absolute atomic E-state index is 12.8. The summed E-state index contributed by atoms with van der Waals surface area (Å²) in [5.41, 5.74) is 1.32. The van der Waals surface area contributed by atoms with Crippen molar-refractivity contribution < 1.29 is 48.4 Å². The maximum Gasteiger partial charge on any atom is 0.343 e. The number of carbonyl (C=O) groups is 5. The van der Waals surface area contributed by atoms with Crippen molar-refractivity contribution in [2.45, 2.75) is 45.1 Å². The van der Waals surface area contributed by atoms with Crippen LogP contribution in [0.25, 0.3) is 0 Å². The number of carboxylic acid groups (broad SMARTS) is 2. The molecule has 0 saturated carbocycles. The molecule has 0 saturated heterocycles. The molecule has 0 spiro atoms. The number of rotatable bonds is 16. The van der Waals surface area contributed by atoms with Crippen LogP contribution >= 0.6 is 0 Å². The molecule has 12 heteroatoms. The second-order valence-corrected chi connectivity index (χ2v) is 9.69. The average molecular weight is 607 g/mol. The molecule has 2 amide bonds. The lowest BCUT2D eigenvalue weighted by molar-refractivity contribution is -0.139. The van der Waals surface area contributed by atoms with Crippen LogP contribution in [-0.2, 0) is 20.8 Å². The number of methoxy groups -OCH3 is 1. The van der Waals surface area contributed by atoms with Crippen molar-refractivity contribution in [1.29, 1.82) is 0 Å². The van der Waals surface area contributed by atoms with E-state index in [1.807, 2.05) is 0 Å². The Morgan fingerprint density at radius 1 is 0.841 bits per heavy atom. The number of hydrogen-bond acceptors (Lipinski definition) is 8. The van der Waals surface area contributed by atoms with E-state index in [1.165, 1.54) is 43.5 Å². The standard InChI is InChI=1S/C32H34N2O10/c1-3-4-17-43-24-12-8-22(9-13-24)32(41)44-26-14-5-20(19-27(26)42-2)18-25(31(39)40)34-30(38)21-6-10-23(11-7-21)33-28(35)15-16-29(36)37/h5-14,19,25H,3-4,15-18H2,1-2H3,(H,33,35)(H,34,38)(H,36,37)(H,39,40). The smallest absolute Gasteiger partial charge is 0.343 e. The normalized spacial score (nSPS) is 11.1. The van der Waals surface area contributed by atoms with Gasteiger partial charge in [0.2, 0.25) is 5.91 Å². The Balaban J connectivity index is 1.61. The first kappa shape index (κ1) is 33.1. The van der Waals surface area contributed by atoms with Crippen LogP contribution in [0.1, 0.15) is 58.9 Å². The molecule has 3 rings (SSSR count). The third-order valence-electron chi connectivity index (χ3n) is 6.33. The molecule has 1 unspecified atom stereocenters. The Morgan fingerprint density at radius 3 is 2.14 bits per heavy atom. The first-order chi connectivity index (χ1) is 21.1. The number of esters is 1. The van der Waals surface area contributed by atoms with Crippen molar-refractivity contribution in [3.05, 3.63) is 83.4 Å². The number of carbonyl (C=O) groups excluding carboxylic acids is 3. The highest BCUT2D eigenvalue weighted by atomic mass is 16.6. The highest BCUT2D eigenvalue weighted by molar-refractivity contribution is 5.98. The summed E-state index contributed by atoms with van der Waals surface area (Å²) in [5, 5.41) is 23.4. The summed E-state index contributed by atoms with van der Waals surface area (Å²) in [4.78, 5) is 59.8. The Morgan fingerprint density at radius 2 is 1.52 bits per heavy atom. The van der Waals surface area contributed by atoms with E-state index in [-0.39, 0.29) is 36.3 Å². The zero-order valence-electron chi connectivity index (χ0n) is 24.3. The van der Waals surface area contributed by atoms with Gasteiger partial charge in [-0.3, -0.25) is 14.4 Å². The number of unbranched alkanes of at least 4 members (excludes halogenated alkanes) is 1. The number of ether oxygens (including phenoxy) is 3. The summed E-state index contributed by atoms with van der Waals surface area (Å²) in [5.74, 6) is -3.14. The molecule has 232 valence electrons. The average Bonchev–Trinajstić information content (AvgIpc) is 3.01. The number of benzene rings is 3. The van der Waals surface area contributed by atoms with E-state index in [0.29, 0.717) is 29.2 Å². The Labute approximate surface area is 253 Å². The Kier molecular flexibility index (Phi) is 12.3. The lowest BCUT2D eigenvalue weighted by atomic mass is 10.0. The first-order valence-electron chi connectivity index (χ1n) is 13.9. The molecule has 0 aromatic heterocycles. The van der Waals surface area contributed by atoms with E-state index < -0.39 is 35.8 Å². The molecular weight excluding hydrogens is 572 g/mol. The molecule has 44 heavy (non-hydrogen) atoms. The topological polar surface area (TPSA) is 178 Å². The third-order valence-corrected chi connectivity index (χ3v) is 6.33. The van der Waals surface area contributed by atoms with Crippen LogP contribution in [0, 0.1) is 0 Å². The molecule has 3 aromatic carbocycles. The Hall–Kier alpha value is -5.39. The van der Waals surface area contributed by atoms with Crippen molar-refractivity contribution in [3.8, 4) is 17.2 Å². The number of hydrogen-bond donors (Lipinski definition) is 4. The van der Waals surface area contributed by atoms with E-state index >= 15 is 0 Å². The van der Waals surface area contributed by atoms with Crippen molar-refractivity contribution in [1.82, 2.24) is 5.32 Å². The van der Waals surface area contributed by atoms with E-state index in [1.54, 1.807) is 30.3 Å². The molecule has 0 aliphatic heterocycles. The van der Waals surface area contributed by atoms with Gasteiger partial charge in [0.1, 0.15) is 11.8 Å². The van der Waals surface area contributed by atoms with Gasteiger partial charge < -0.3 is 35.1 Å². The van der Waals surface area contributed by atoms with E-state index in [4.69, 9.17) is 19.3 Å². The van der Waals surface area contributed by atoms with Crippen LogP contribution in [0.4, 0.5) is 5.69 Å². The number of anilines is 1. The molecule has 1 atom stereocenters. The fourth-order valence-corrected chi connectivity index (χ4v) is 3.93. The van der Waals surface area contributed by atoms with E-state index in [9.17, 15) is 29.1 Å². The summed E-state index contributed by atoms with van der Waals surface area (Å²) in [6.45, 7) is 2.65. The first-order valence-corrected chi connectivity index (χ1v) is 13.9. The molecule has 0 aliphatic carbocycles. The third kappa shape index (κ3) is 10.2. The zero-order chi connectivity index (χ0) is 32.1. The second-order valence-electron chi connectivity index (χ2n) is 9.69. The lowest BCUT2D eigenvalue weighted by Crippen LogP contribution is -2.42. The van der Waals surface area contributed by atoms with Crippen LogP contribution in [0.5, 0.6) is 17.2 Å². The Bertz CT molecular complexity index is 1470. The van der Waals surface area contributed by atoms with Crippen LogP contribution in [0.2, 0.25) is 0 Å².